The summed E-state index contributed by atoms with van der Waals surface area (Å²) in [6, 6.07) is 0.226. The lowest BCUT2D eigenvalue weighted by molar-refractivity contribution is -0.104. The highest BCUT2D eigenvalue weighted by atomic mass is 31.0. The van der Waals surface area contributed by atoms with Gasteiger partial charge >= 0.3 is 0 Å². The summed E-state index contributed by atoms with van der Waals surface area (Å²) in [5, 5.41) is 7.19. The predicted octanol–water partition coefficient (Wildman–Crippen LogP) is 3.45. The standard InChI is InChI=1S/C10H21N2OP/c1-5-9-6(2)7(3)10(12-14-11)8(4)13-9/h6-11,14H,5H2,1-4H3/t6-,7-,8-,9?,10?/m0/s1. The Labute approximate surface area is 87.6 Å². The zero-order chi connectivity index (χ0) is 10.7. The minimum absolute atomic E-state index is 0.0619. The number of hydrogen-bond donors (Lipinski definition) is 1. The van der Waals surface area contributed by atoms with Crippen LogP contribution >= 0.6 is 8.16 Å². The number of rotatable bonds is 2. The van der Waals surface area contributed by atoms with E-state index >= 15 is 0 Å². The van der Waals surface area contributed by atoms with Gasteiger partial charge in [-0.2, -0.15) is 0 Å². The topological polar surface area (TPSA) is 45.4 Å². The quantitative estimate of drug-likeness (QED) is 0.706. The van der Waals surface area contributed by atoms with Gasteiger partial charge in [-0.25, -0.2) is 0 Å². The van der Waals surface area contributed by atoms with Crippen molar-refractivity contribution >= 4 is 8.16 Å². The summed E-state index contributed by atoms with van der Waals surface area (Å²) in [5.41, 5.74) is 0. The molecule has 1 heterocycles. The number of ether oxygens (including phenoxy) is 1. The van der Waals surface area contributed by atoms with Gasteiger partial charge in [-0.15, -0.1) is 0 Å². The van der Waals surface area contributed by atoms with Crippen LogP contribution in [0.1, 0.15) is 34.1 Å². The lowest BCUT2D eigenvalue weighted by Crippen LogP contribution is -2.46. The van der Waals surface area contributed by atoms with E-state index in [1.165, 1.54) is 0 Å². The second kappa shape index (κ2) is 5.09. The van der Waals surface area contributed by atoms with Crippen molar-refractivity contribution in [3.05, 3.63) is 0 Å². The van der Waals surface area contributed by atoms with Gasteiger partial charge in [-0.1, -0.05) is 20.8 Å². The van der Waals surface area contributed by atoms with Crippen molar-refractivity contribution in [1.29, 1.82) is 5.16 Å². The molecule has 1 fully saturated rings. The molecular formula is C10H21N2OP. The molecule has 0 spiro atoms. The molecule has 1 aliphatic heterocycles. The van der Waals surface area contributed by atoms with Crippen LogP contribution in [0.3, 0.4) is 0 Å². The smallest absolute Gasteiger partial charge is 0.0840 e. The average Bonchev–Trinajstić information content (AvgIpc) is 2.18. The maximum absolute atomic E-state index is 7.19. The highest BCUT2D eigenvalue weighted by molar-refractivity contribution is 7.13. The fourth-order valence-electron chi connectivity index (χ4n) is 2.32. The second-order valence-electron chi connectivity index (χ2n) is 4.24. The molecule has 3 unspecified atom stereocenters. The van der Waals surface area contributed by atoms with Crippen molar-refractivity contribution in [2.24, 2.45) is 16.6 Å². The highest BCUT2D eigenvalue weighted by Gasteiger charge is 2.38. The maximum atomic E-state index is 7.19. The number of nitrogens with zero attached hydrogens (tertiary/aromatic N) is 1. The molecule has 0 aliphatic carbocycles. The van der Waals surface area contributed by atoms with Gasteiger partial charge in [0.25, 0.3) is 0 Å². The molecule has 1 N–H and O–H groups in total. The number of hydrogen-bond acceptors (Lipinski definition) is 3. The first kappa shape index (κ1) is 11.9. The Balaban J connectivity index is 2.78. The third kappa shape index (κ3) is 2.26. The van der Waals surface area contributed by atoms with Crippen molar-refractivity contribution in [3.63, 3.8) is 0 Å². The fraction of sp³-hybridized carbons (Fsp3) is 1.00. The molecule has 1 rings (SSSR count). The van der Waals surface area contributed by atoms with Crippen molar-refractivity contribution in [1.82, 2.24) is 0 Å². The Bertz CT molecular complexity index is 240. The van der Waals surface area contributed by atoms with Crippen LogP contribution in [0.2, 0.25) is 0 Å². The molecule has 0 aromatic rings. The van der Waals surface area contributed by atoms with Crippen molar-refractivity contribution in [2.75, 3.05) is 0 Å². The van der Waals surface area contributed by atoms with Crippen LogP contribution in [0.25, 0.3) is 0 Å². The molecule has 1 saturated heterocycles. The lowest BCUT2D eigenvalue weighted by Gasteiger charge is -2.41. The van der Waals surface area contributed by atoms with Crippen molar-refractivity contribution in [3.8, 4) is 0 Å². The summed E-state index contributed by atoms with van der Waals surface area (Å²) >= 11 is 0. The van der Waals surface area contributed by atoms with Crippen LogP contribution in [0.15, 0.2) is 4.74 Å². The van der Waals surface area contributed by atoms with Gasteiger partial charge in [0.15, 0.2) is 0 Å². The van der Waals surface area contributed by atoms with E-state index in [0.29, 0.717) is 17.9 Å². The molecule has 82 valence electrons. The van der Waals surface area contributed by atoms with Gasteiger partial charge in [0.1, 0.15) is 0 Å². The van der Waals surface area contributed by atoms with Crippen LogP contribution in [0.4, 0.5) is 0 Å². The predicted molar refractivity (Wildman–Crippen MR) is 60.2 cm³/mol. The molecule has 3 nitrogen and oxygen atoms in total. The summed E-state index contributed by atoms with van der Waals surface area (Å²) in [7, 11) is -0.0619. The molecule has 0 aromatic heterocycles. The van der Waals surface area contributed by atoms with E-state index in [0.717, 1.165) is 6.42 Å². The Morgan fingerprint density at radius 2 is 1.93 bits per heavy atom. The van der Waals surface area contributed by atoms with Crippen LogP contribution in [0.5, 0.6) is 0 Å². The van der Waals surface area contributed by atoms with E-state index in [-0.39, 0.29) is 20.3 Å². The van der Waals surface area contributed by atoms with E-state index in [1.807, 2.05) is 0 Å². The largest absolute Gasteiger partial charge is 0.373 e. The average molecular weight is 216 g/mol. The zero-order valence-electron chi connectivity index (χ0n) is 9.45. The summed E-state index contributed by atoms with van der Waals surface area (Å²) in [5.74, 6) is 1.10. The fourth-order valence-corrected chi connectivity index (χ4v) is 2.92. The van der Waals surface area contributed by atoms with E-state index in [2.05, 4.69) is 32.4 Å². The van der Waals surface area contributed by atoms with Gasteiger partial charge in [-0.05, 0) is 25.2 Å². The molecule has 1 aliphatic rings. The zero-order valence-corrected chi connectivity index (χ0v) is 10.4. The Morgan fingerprint density at radius 3 is 2.43 bits per heavy atom. The van der Waals surface area contributed by atoms with Gasteiger partial charge in [-0.3, -0.25) is 9.91 Å². The van der Waals surface area contributed by atoms with Gasteiger partial charge in [0.2, 0.25) is 0 Å². The van der Waals surface area contributed by atoms with Crippen LogP contribution in [-0.2, 0) is 4.74 Å². The molecule has 4 heteroatoms. The molecule has 6 atom stereocenters. The van der Waals surface area contributed by atoms with E-state index in [1.54, 1.807) is 0 Å². The Kier molecular flexibility index (Phi) is 4.33. The third-order valence-electron chi connectivity index (χ3n) is 3.44. The molecule has 14 heavy (non-hydrogen) atoms. The minimum Gasteiger partial charge on any atom is -0.373 e. The SMILES string of the molecule is CCC1O[C@@H](C)C(N=[PH]=N)[C@@H](C)[C@@H]1C. The third-order valence-corrected chi connectivity index (χ3v) is 3.87. The van der Waals surface area contributed by atoms with Gasteiger partial charge in [0.05, 0.1) is 18.2 Å². The Morgan fingerprint density at radius 1 is 1.29 bits per heavy atom. The van der Waals surface area contributed by atoms with Gasteiger partial charge in [0, 0.05) is 8.16 Å². The molecule has 0 radical (unpaired) electrons. The minimum atomic E-state index is -0.0619. The maximum Gasteiger partial charge on any atom is 0.0840 e. The van der Waals surface area contributed by atoms with E-state index in [4.69, 9.17) is 9.90 Å². The van der Waals surface area contributed by atoms with Crippen molar-refractivity contribution in [2.45, 2.75) is 52.4 Å². The monoisotopic (exact) mass is 216 g/mol. The van der Waals surface area contributed by atoms with E-state index < -0.39 is 0 Å². The molecule has 0 saturated carbocycles. The van der Waals surface area contributed by atoms with E-state index in [9.17, 15) is 0 Å². The molecule has 0 bridgehead atoms. The lowest BCUT2D eigenvalue weighted by atomic mass is 9.80. The summed E-state index contributed by atoms with van der Waals surface area (Å²) < 4.78 is 10.2. The summed E-state index contributed by atoms with van der Waals surface area (Å²) in [6.45, 7) is 8.73. The summed E-state index contributed by atoms with van der Waals surface area (Å²) in [4.78, 5) is 0. The van der Waals surface area contributed by atoms with Crippen molar-refractivity contribution < 1.29 is 4.74 Å². The first-order valence-corrected chi connectivity index (χ1v) is 6.33. The number of nitrogens with one attached hydrogen (secondary N) is 1. The van der Waals surface area contributed by atoms with Gasteiger partial charge < -0.3 is 4.74 Å². The molecule has 0 aromatic carbocycles. The normalized spacial score (nSPS) is 43.9. The first-order valence-electron chi connectivity index (χ1n) is 5.38. The second-order valence-corrected chi connectivity index (χ2v) is 4.72. The van der Waals surface area contributed by atoms with Crippen LogP contribution in [0, 0.1) is 17.0 Å². The highest BCUT2D eigenvalue weighted by Crippen LogP contribution is 2.34. The molecule has 0 amide bonds. The van der Waals surface area contributed by atoms with Crippen LogP contribution in [-0.4, -0.2) is 18.2 Å². The summed E-state index contributed by atoms with van der Waals surface area (Å²) in [6.07, 6.45) is 1.63. The van der Waals surface area contributed by atoms with Crippen LogP contribution < -0.4 is 0 Å². The molecular weight excluding hydrogens is 195 g/mol. The first-order chi connectivity index (χ1) is 6.61. The Hall–Kier alpha value is -0.140.